The summed E-state index contributed by atoms with van der Waals surface area (Å²) in [5.41, 5.74) is 2.00. The predicted molar refractivity (Wildman–Crippen MR) is 139 cm³/mol. The van der Waals surface area contributed by atoms with E-state index in [-0.39, 0.29) is 42.2 Å². The number of esters is 2. The van der Waals surface area contributed by atoms with Gasteiger partial charge in [0.15, 0.2) is 6.10 Å². The summed E-state index contributed by atoms with van der Waals surface area (Å²) in [6.07, 6.45) is 5.23. The van der Waals surface area contributed by atoms with Crippen LogP contribution in [0.4, 0.5) is 0 Å². The smallest absolute Gasteiger partial charge is 0.347 e. The van der Waals surface area contributed by atoms with Crippen LogP contribution in [0.5, 0.6) is 5.75 Å². The summed E-state index contributed by atoms with van der Waals surface area (Å²) in [5, 5.41) is 20.5. The number of carbonyl (C=O) groups is 2. The Bertz CT molecular complexity index is 1030. The molecule has 0 radical (unpaired) electrons. The highest BCUT2D eigenvalue weighted by atomic mass is 16.6. The van der Waals surface area contributed by atoms with Crippen LogP contribution in [0.2, 0.25) is 0 Å². The molecule has 0 saturated carbocycles. The molecule has 1 aliphatic heterocycles. The molecule has 202 valence electrons. The van der Waals surface area contributed by atoms with Gasteiger partial charge in [0.2, 0.25) is 0 Å². The lowest BCUT2D eigenvalue weighted by molar-refractivity contribution is -0.164. The molecule has 7 nitrogen and oxygen atoms in total. The first-order chi connectivity index (χ1) is 17.6. The summed E-state index contributed by atoms with van der Waals surface area (Å²) in [5.74, 6) is 0.381. The second kappa shape index (κ2) is 11.8. The number of allylic oxidation sites excluding steroid dienone is 2. The minimum atomic E-state index is -0.801. The van der Waals surface area contributed by atoms with Crippen molar-refractivity contribution >= 4 is 11.9 Å². The number of cyclic esters (lactones) is 1. The summed E-state index contributed by atoms with van der Waals surface area (Å²) in [7, 11) is 0. The van der Waals surface area contributed by atoms with Gasteiger partial charge in [0, 0.05) is 18.8 Å². The first-order valence-corrected chi connectivity index (χ1v) is 13.5. The molecule has 7 heteroatoms. The second-order valence-corrected chi connectivity index (χ2v) is 11.1. The van der Waals surface area contributed by atoms with Crippen molar-refractivity contribution in [2.75, 3.05) is 0 Å². The van der Waals surface area contributed by atoms with E-state index >= 15 is 0 Å². The van der Waals surface area contributed by atoms with Gasteiger partial charge in [-0.05, 0) is 54.7 Å². The van der Waals surface area contributed by atoms with Crippen LogP contribution in [0, 0.1) is 17.8 Å². The molecule has 1 aromatic rings. The number of carbonyl (C=O) groups excluding carboxylic acids is 2. The van der Waals surface area contributed by atoms with E-state index in [1.54, 1.807) is 6.92 Å². The van der Waals surface area contributed by atoms with E-state index in [1.807, 2.05) is 36.4 Å². The van der Waals surface area contributed by atoms with Gasteiger partial charge >= 0.3 is 11.9 Å². The molecule has 4 rings (SSSR count). The highest BCUT2D eigenvalue weighted by Gasteiger charge is 2.43. The molecule has 1 unspecified atom stereocenters. The zero-order valence-corrected chi connectivity index (χ0v) is 22.2. The van der Waals surface area contributed by atoms with Gasteiger partial charge in [-0.1, -0.05) is 57.2 Å². The fraction of sp³-hybridized carbons (Fsp3) is 0.600. The fourth-order valence-corrected chi connectivity index (χ4v) is 5.95. The maximum atomic E-state index is 13.2. The molecule has 0 aromatic heterocycles. The number of aliphatic hydroxyl groups excluding tert-OH is 2. The summed E-state index contributed by atoms with van der Waals surface area (Å²) < 4.78 is 17.5. The standard InChI is InChI=1S/C30H40O7/c1-17(2)24-7-5-6-8-26(24)35-19(4)30(34)37-27-15-21(31)13-20-10-9-18(3)25(29(20)27)12-11-23-14-22(32)16-28(33)36-23/h5-10,13,17-19,21-23,25,27,29,31-32H,11-12,14-16H2,1-4H3/t18-,19?,21+,22+,23+,25-,27-,29-/m0/s1. The number of hydrogen-bond acceptors (Lipinski definition) is 7. The molecule has 37 heavy (non-hydrogen) atoms. The van der Waals surface area contributed by atoms with E-state index in [1.165, 1.54) is 0 Å². The maximum absolute atomic E-state index is 13.2. The Morgan fingerprint density at radius 2 is 1.89 bits per heavy atom. The molecular weight excluding hydrogens is 472 g/mol. The van der Waals surface area contributed by atoms with Crippen molar-refractivity contribution in [1.29, 1.82) is 0 Å². The summed E-state index contributed by atoms with van der Waals surface area (Å²) in [6.45, 7) is 7.99. The molecule has 8 atom stereocenters. The average Bonchev–Trinajstić information content (AvgIpc) is 2.83. The predicted octanol–water partition coefficient (Wildman–Crippen LogP) is 4.47. The Balaban J connectivity index is 1.46. The average molecular weight is 513 g/mol. The van der Waals surface area contributed by atoms with Crippen molar-refractivity contribution in [2.45, 2.75) is 96.2 Å². The number of para-hydroxylation sites is 1. The highest BCUT2D eigenvalue weighted by molar-refractivity contribution is 5.75. The van der Waals surface area contributed by atoms with Crippen molar-refractivity contribution in [3.8, 4) is 5.75 Å². The third-order valence-electron chi connectivity index (χ3n) is 7.87. The lowest BCUT2D eigenvalue weighted by atomic mass is 9.66. The van der Waals surface area contributed by atoms with Gasteiger partial charge in [-0.2, -0.15) is 0 Å². The summed E-state index contributed by atoms with van der Waals surface area (Å²) in [4.78, 5) is 25.0. The van der Waals surface area contributed by atoms with Crippen molar-refractivity contribution in [3.63, 3.8) is 0 Å². The Kier molecular flexibility index (Phi) is 8.75. The maximum Gasteiger partial charge on any atom is 0.347 e. The Hall–Kier alpha value is -2.64. The molecule has 0 spiro atoms. The molecule has 0 amide bonds. The number of aliphatic hydroxyl groups is 2. The third kappa shape index (κ3) is 6.63. The van der Waals surface area contributed by atoms with Gasteiger partial charge in [0.1, 0.15) is 18.0 Å². The lowest BCUT2D eigenvalue weighted by Crippen LogP contribution is -2.44. The molecule has 1 heterocycles. The van der Waals surface area contributed by atoms with E-state index in [9.17, 15) is 19.8 Å². The normalized spacial score (nSPS) is 32.2. The van der Waals surface area contributed by atoms with Crippen molar-refractivity contribution in [2.24, 2.45) is 17.8 Å². The molecule has 1 fully saturated rings. The van der Waals surface area contributed by atoms with E-state index < -0.39 is 30.4 Å². The van der Waals surface area contributed by atoms with Crippen LogP contribution in [0.3, 0.4) is 0 Å². The highest BCUT2D eigenvalue weighted by Crippen LogP contribution is 2.44. The van der Waals surface area contributed by atoms with Gasteiger partial charge in [-0.15, -0.1) is 0 Å². The van der Waals surface area contributed by atoms with Crippen LogP contribution in [0.1, 0.15) is 71.3 Å². The largest absolute Gasteiger partial charge is 0.479 e. The number of ether oxygens (including phenoxy) is 3. The van der Waals surface area contributed by atoms with Crippen molar-refractivity contribution in [1.82, 2.24) is 0 Å². The molecule has 1 saturated heterocycles. The molecule has 2 aliphatic carbocycles. The minimum absolute atomic E-state index is 0.0480. The molecule has 1 aromatic carbocycles. The molecule has 0 bridgehead atoms. The first kappa shape index (κ1) is 27.4. The lowest BCUT2D eigenvalue weighted by Gasteiger charge is -2.43. The Morgan fingerprint density at radius 1 is 1.14 bits per heavy atom. The SMILES string of the molecule is CC(Oc1ccccc1C(C)C)C(=O)O[C@H]1C[C@H](O)C=C2C=C[C@H](C)[C@H](CC[C@@H]3C[C@@H](O)CC(=O)O3)[C@H]21. The van der Waals surface area contributed by atoms with E-state index in [4.69, 9.17) is 14.2 Å². The number of benzene rings is 1. The second-order valence-electron chi connectivity index (χ2n) is 11.1. The quantitative estimate of drug-likeness (QED) is 0.496. The minimum Gasteiger partial charge on any atom is -0.479 e. The van der Waals surface area contributed by atoms with E-state index in [0.29, 0.717) is 25.0 Å². The van der Waals surface area contributed by atoms with Crippen LogP contribution < -0.4 is 4.74 Å². The molecule has 2 N–H and O–H groups in total. The van der Waals surface area contributed by atoms with Crippen LogP contribution >= 0.6 is 0 Å². The monoisotopic (exact) mass is 512 g/mol. The Morgan fingerprint density at radius 3 is 2.62 bits per heavy atom. The first-order valence-electron chi connectivity index (χ1n) is 13.5. The topological polar surface area (TPSA) is 102 Å². The third-order valence-corrected chi connectivity index (χ3v) is 7.87. The van der Waals surface area contributed by atoms with E-state index in [2.05, 4.69) is 26.8 Å². The number of rotatable bonds is 8. The fourth-order valence-electron chi connectivity index (χ4n) is 5.95. The van der Waals surface area contributed by atoms with Gasteiger partial charge in [-0.25, -0.2) is 4.79 Å². The number of fused-ring (bicyclic) bond motifs is 1. The summed E-state index contributed by atoms with van der Waals surface area (Å²) in [6, 6.07) is 7.70. The van der Waals surface area contributed by atoms with Gasteiger partial charge in [-0.3, -0.25) is 4.79 Å². The summed E-state index contributed by atoms with van der Waals surface area (Å²) >= 11 is 0. The number of hydrogen-bond donors (Lipinski definition) is 2. The zero-order valence-electron chi connectivity index (χ0n) is 22.2. The van der Waals surface area contributed by atoms with Crippen LogP contribution in [0.15, 0.2) is 48.1 Å². The van der Waals surface area contributed by atoms with Gasteiger partial charge in [0.25, 0.3) is 0 Å². The van der Waals surface area contributed by atoms with Gasteiger partial charge < -0.3 is 24.4 Å². The Labute approximate surface area is 219 Å². The molecule has 3 aliphatic rings. The van der Waals surface area contributed by atoms with Gasteiger partial charge in [0.05, 0.1) is 18.6 Å². The van der Waals surface area contributed by atoms with Crippen LogP contribution in [-0.2, 0) is 19.1 Å². The molecular formula is C30H40O7. The van der Waals surface area contributed by atoms with Crippen LogP contribution in [-0.4, -0.2) is 52.7 Å². The van der Waals surface area contributed by atoms with Crippen molar-refractivity contribution in [3.05, 3.63) is 53.6 Å². The van der Waals surface area contributed by atoms with Crippen LogP contribution in [0.25, 0.3) is 0 Å². The van der Waals surface area contributed by atoms with E-state index in [0.717, 1.165) is 17.6 Å². The zero-order chi connectivity index (χ0) is 26.7. The van der Waals surface area contributed by atoms with Crippen molar-refractivity contribution < 1.29 is 34.0 Å².